The third-order valence-corrected chi connectivity index (χ3v) is 3.32. The monoisotopic (exact) mass is 280 g/mol. The summed E-state index contributed by atoms with van der Waals surface area (Å²) in [4.78, 5) is 30.6. The summed E-state index contributed by atoms with van der Waals surface area (Å²) in [6.07, 6.45) is 0.229. The molecule has 2 atom stereocenters. The maximum absolute atomic E-state index is 13.4. The van der Waals surface area contributed by atoms with Crippen LogP contribution >= 0.6 is 0 Å². The molecule has 2 amide bonds. The molecular weight excluding hydrogens is 263 g/mol. The Morgan fingerprint density at radius 2 is 2.20 bits per heavy atom. The minimum absolute atomic E-state index is 0.0472. The number of likely N-dealkylation sites (tertiary alicyclic amines) is 1. The number of carbonyl (C=O) groups excluding carboxylic acids is 2. The number of pyridine rings is 1. The smallest absolute Gasteiger partial charge is 0.273 e. The number of carbonyl (C=O) groups is 2. The van der Waals surface area contributed by atoms with Gasteiger partial charge in [0.1, 0.15) is 17.9 Å². The SMILES string of the molecule is CN(C)c1ccnc(C(=O)N2C[C@H](F)C[C@H]2C(N)=O)c1. The van der Waals surface area contributed by atoms with Gasteiger partial charge in [0.25, 0.3) is 5.91 Å². The fourth-order valence-corrected chi connectivity index (χ4v) is 2.24. The number of nitrogens with zero attached hydrogens (tertiary/aromatic N) is 3. The zero-order valence-corrected chi connectivity index (χ0v) is 11.4. The molecule has 0 radical (unpaired) electrons. The summed E-state index contributed by atoms with van der Waals surface area (Å²) < 4.78 is 13.4. The van der Waals surface area contributed by atoms with Gasteiger partial charge in [-0.25, -0.2) is 4.39 Å². The number of aromatic nitrogens is 1. The predicted octanol–water partition coefficient (Wildman–Crippen LogP) is 0.186. The van der Waals surface area contributed by atoms with Crippen LogP contribution in [0.5, 0.6) is 0 Å². The summed E-state index contributed by atoms with van der Waals surface area (Å²) in [5.41, 5.74) is 6.19. The Morgan fingerprint density at radius 1 is 1.50 bits per heavy atom. The second-order valence-corrected chi connectivity index (χ2v) is 5.00. The summed E-state index contributed by atoms with van der Waals surface area (Å²) in [6, 6.07) is 2.46. The van der Waals surface area contributed by atoms with Gasteiger partial charge in [-0.05, 0) is 12.1 Å². The number of halogens is 1. The fourth-order valence-electron chi connectivity index (χ4n) is 2.24. The van der Waals surface area contributed by atoms with Gasteiger partial charge >= 0.3 is 0 Å². The van der Waals surface area contributed by atoms with Gasteiger partial charge in [0, 0.05) is 32.4 Å². The van der Waals surface area contributed by atoms with Crippen LogP contribution in [0.3, 0.4) is 0 Å². The molecule has 108 valence electrons. The lowest BCUT2D eigenvalue weighted by Crippen LogP contribution is -2.44. The number of nitrogens with two attached hydrogens (primary N) is 1. The first-order valence-electron chi connectivity index (χ1n) is 6.28. The van der Waals surface area contributed by atoms with Gasteiger partial charge in [-0.2, -0.15) is 0 Å². The minimum atomic E-state index is -1.23. The van der Waals surface area contributed by atoms with Crippen LogP contribution in [0.4, 0.5) is 10.1 Å². The van der Waals surface area contributed by atoms with Crippen LogP contribution in [0, 0.1) is 0 Å². The molecule has 1 aromatic rings. The summed E-state index contributed by atoms with van der Waals surface area (Å²) in [6.45, 7) is -0.125. The highest BCUT2D eigenvalue weighted by Crippen LogP contribution is 2.23. The van der Waals surface area contributed by atoms with Gasteiger partial charge in [-0.3, -0.25) is 14.6 Å². The van der Waals surface area contributed by atoms with Crippen molar-refractivity contribution in [2.45, 2.75) is 18.6 Å². The van der Waals surface area contributed by atoms with Crippen molar-refractivity contribution in [3.63, 3.8) is 0 Å². The lowest BCUT2D eigenvalue weighted by atomic mass is 10.2. The standard InChI is InChI=1S/C13H17FN4O2/c1-17(2)9-3-4-16-10(6-9)13(20)18-7-8(14)5-11(18)12(15)19/h3-4,6,8,11H,5,7H2,1-2H3,(H2,15,19)/t8-,11+/m1/s1. The number of alkyl halides is 1. The lowest BCUT2D eigenvalue weighted by Gasteiger charge is -2.22. The second-order valence-electron chi connectivity index (χ2n) is 5.00. The van der Waals surface area contributed by atoms with Gasteiger partial charge in [-0.15, -0.1) is 0 Å². The van der Waals surface area contributed by atoms with E-state index in [1.165, 1.54) is 6.20 Å². The molecule has 2 heterocycles. The van der Waals surface area contributed by atoms with E-state index in [0.29, 0.717) is 0 Å². The zero-order valence-electron chi connectivity index (χ0n) is 11.4. The summed E-state index contributed by atoms with van der Waals surface area (Å²) in [7, 11) is 3.67. The maximum Gasteiger partial charge on any atom is 0.273 e. The minimum Gasteiger partial charge on any atom is -0.378 e. The van der Waals surface area contributed by atoms with Crippen molar-refractivity contribution in [1.82, 2.24) is 9.88 Å². The Hall–Kier alpha value is -2.18. The number of amides is 2. The lowest BCUT2D eigenvalue weighted by molar-refractivity contribution is -0.121. The molecular formula is C13H17FN4O2. The molecule has 6 nitrogen and oxygen atoms in total. The molecule has 1 saturated heterocycles. The van der Waals surface area contributed by atoms with E-state index in [4.69, 9.17) is 5.73 Å². The number of hydrogen-bond donors (Lipinski definition) is 1. The molecule has 0 saturated carbocycles. The third kappa shape index (κ3) is 2.71. The second kappa shape index (κ2) is 5.44. The van der Waals surface area contributed by atoms with E-state index in [9.17, 15) is 14.0 Å². The highest BCUT2D eigenvalue weighted by atomic mass is 19.1. The van der Waals surface area contributed by atoms with Crippen molar-refractivity contribution in [3.05, 3.63) is 24.0 Å². The predicted molar refractivity (Wildman–Crippen MR) is 72.1 cm³/mol. The van der Waals surface area contributed by atoms with Crippen molar-refractivity contribution in [2.75, 3.05) is 25.5 Å². The molecule has 0 spiro atoms. The maximum atomic E-state index is 13.4. The average Bonchev–Trinajstić information content (AvgIpc) is 2.80. The van der Waals surface area contributed by atoms with Crippen molar-refractivity contribution in [3.8, 4) is 0 Å². The molecule has 2 rings (SSSR count). The topological polar surface area (TPSA) is 79.5 Å². The number of anilines is 1. The molecule has 0 aliphatic carbocycles. The fraction of sp³-hybridized carbons (Fsp3) is 0.462. The van der Waals surface area contributed by atoms with E-state index in [2.05, 4.69) is 4.98 Å². The van der Waals surface area contributed by atoms with E-state index in [1.54, 1.807) is 12.1 Å². The van der Waals surface area contributed by atoms with Crippen LogP contribution in [-0.4, -0.2) is 54.6 Å². The van der Waals surface area contributed by atoms with Gasteiger partial charge in [0.05, 0.1) is 6.54 Å². The molecule has 0 bridgehead atoms. The van der Waals surface area contributed by atoms with Gasteiger partial charge in [-0.1, -0.05) is 0 Å². The Labute approximate surface area is 116 Å². The third-order valence-electron chi connectivity index (χ3n) is 3.32. The van der Waals surface area contributed by atoms with Crippen molar-refractivity contribution in [2.24, 2.45) is 5.73 Å². The molecule has 2 N–H and O–H groups in total. The van der Waals surface area contributed by atoms with Crippen LogP contribution in [0.1, 0.15) is 16.9 Å². The molecule has 1 fully saturated rings. The average molecular weight is 280 g/mol. The Morgan fingerprint density at radius 3 is 2.80 bits per heavy atom. The number of hydrogen-bond acceptors (Lipinski definition) is 4. The van der Waals surface area contributed by atoms with Crippen molar-refractivity contribution in [1.29, 1.82) is 0 Å². The summed E-state index contributed by atoms with van der Waals surface area (Å²) >= 11 is 0. The van der Waals surface area contributed by atoms with E-state index >= 15 is 0 Å². The van der Waals surface area contributed by atoms with Crippen LogP contribution in [0.15, 0.2) is 18.3 Å². The van der Waals surface area contributed by atoms with E-state index in [-0.39, 0.29) is 18.7 Å². The van der Waals surface area contributed by atoms with E-state index in [1.807, 2.05) is 19.0 Å². The molecule has 7 heteroatoms. The Bertz CT molecular complexity index is 535. The van der Waals surface area contributed by atoms with Crippen LogP contribution in [-0.2, 0) is 4.79 Å². The summed E-state index contributed by atoms with van der Waals surface area (Å²) in [5.74, 6) is -1.17. The summed E-state index contributed by atoms with van der Waals surface area (Å²) in [5, 5.41) is 0. The Balaban J connectivity index is 2.26. The first-order chi connectivity index (χ1) is 9.40. The number of primary amides is 1. The van der Waals surface area contributed by atoms with Gasteiger partial charge in [0.2, 0.25) is 5.91 Å². The van der Waals surface area contributed by atoms with E-state index < -0.39 is 24.0 Å². The Kier molecular flexibility index (Phi) is 3.87. The van der Waals surface area contributed by atoms with Crippen LogP contribution in [0.2, 0.25) is 0 Å². The van der Waals surface area contributed by atoms with E-state index in [0.717, 1.165) is 10.6 Å². The normalized spacial score (nSPS) is 21.9. The largest absolute Gasteiger partial charge is 0.378 e. The number of rotatable bonds is 3. The van der Waals surface area contributed by atoms with Crippen molar-refractivity contribution < 1.29 is 14.0 Å². The molecule has 0 unspecified atom stereocenters. The van der Waals surface area contributed by atoms with Gasteiger partial charge < -0.3 is 15.5 Å². The quantitative estimate of drug-likeness (QED) is 0.857. The molecule has 1 aliphatic heterocycles. The van der Waals surface area contributed by atoms with Crippen molar-refractivity contribution >= 4 is 17.5 Å². The molecule has 1 aliphatic rings. The highest BCUT2D eigenvalue weighted by Gasteiger charge is 2.39. The first kappa shape index (κ1) is 14.2. The highest BCUT2D eigenvalue weighted by molar-refractivity contribution is 5.97. The zero-order chi connectivity index (χ0) is 14.9. The molecule has 1 aromatic heterocycles. The molecule has 0 aromatic carbocycles. The first-order valence-corrected chi connectivity index (χ1v) is 6.28. The van der Waals surface area contributed by atoms with Gasteiger partial charge in [0.15, 0.2) is 0 Å². The molecule has 20 heavy (non-hydrogen) atoms. The van der Waals surface area contributed by atoms with Crippen LogP contribution < -0.4 is 10.6 Å². The van der Waals surface area contributed by atoms with Crippen LogP contribution in [0.25, 0.3) is 0 Å².